The first kappa shape index (κ1) is 12.0. The Balaban J connectivity index is 2.47. The second-order valence-electron chi connectivity index (χ2n) is 3.74. The van der Waals surface area contributed by atoms with Gasteiger partial charge in [0.15, 0.2) is 5.79 Å². The van der Waals surface area contributed by atoms with E-state index < -0.39 is 5.79 Å². The molecular weight excluding hydrogens is 200 g/mol. The summed E-state index contributed by atoms with van der Waals surface area (Å²) in [5.41, 5.74) is 0. The largest absolute Gasteiger partial charge is 0.394 e. The summed E-state index contributed by atoms with van der Waals surface area (Å²) in [6.07, 6.45) is 4.61. The fraction of sp³-hybridized carbons (Fsp3) is 0.800. The lowest BCUT2D eigenvalue weighted by atomic mass is 10.1. The SMILES string of the molecule is CS/C=C\C[C@@H]1OC(C)(C)O[C@@H]1CO. The molecule has 0 aliphatic carbocycles. The molecule has 1 heterocycles. The maximum Gasteiger partial charge on any atom is 0.163 e. The van der Waals surface area contributed by atoms with Crippen molar-refractivity contribution in [2.75, 3.05) is 12.9 Å². The van der Waals surface area contributed by atoms with Crippen molar-refractivity contribution in [1.82, 2.24) is 0 Å². The summed E-state index contributed by atoms with van der Waals surface area (Å²) in [5.74, 6) is -0.564. The molecule has 0 radical (unpaired) electrons. The van der Waals surface area contributed by atoms with Gasteiger partial charge in [0.05, 0.1) is 12.7 Å². The van der Waals surface area contributed by atoms with Gasteiger partial charge in [0.25, 0.3) is 0 Å². The minimum atomic E-state index is -0.564. The van der Waals surface area contributed by atoms with Crippen molar-refractivity contribution in [3.05, 3.63) is 11.5 Å². The lowest BCUT2D eigenvalue weighted by Crippen LogP contribution is -2.25. The van der Waals surface area contributed by atoms with Gasteiger partial charge >= 0.3 is 0 Å². The Morgan fingerprint density at radius 2 is 2.00 bits per heavy atom. The van der Waals surface area contributed by atoms with E-state index in [1.807, 2.05) is 31.6 Å². The van der Waals surface area contributed by atoms with Crippen LogP contribution < -0.4 is 0 Å². The standard InChI is InChI=1S/C10H18O3S/c1-10(2)12-8(5-4-6-14-3)9(7-11)13-10/h4,6,8-9,11H,5,7H2,1-3H3/b6-4-/t8-,9+/m0/s1. The monoisotopic (exact) mass is 218 g/mol. The Morgan fingerprint density at radius 3 is 2.57 bits per heavy atom. The number of thioether (sulfide) groups is 1. The highest BCUT2D eigenvalue weighted by molar-refractivity contribution is 8.01. The predicted octanol–water partition coefficient (Wildman–Crippen LogP) is 1.77. The Kier molecular flexibility index (Phi) is 4.44. The number of aliphatic hydroxyl groups is 1. The highest BCUT2D eigenvalue weighted by atomic mass is 32.2. The summed E-state index contributed by atoms with van der Waals surface area (Å²) in [7, 11) is 0. The maximum atomic E-state index is 9.09. The van der Waals surface area contributed by atoms with E-state index >= 15 is 0 Å². The molecule has 82 valence electrons. The van der Waals surface area contributed by atoms with Gasteiger partial charge in [-0.25, -0.2) is 0 Å². The average molecular weight is 218 g/mol. The molecule has 1 aliphatic heterocycles. The van der Waals surface area contributed by atoms with Crippen LogP contribution in [0.25, 0.3) is 0 Å². The van der Waals surface area contributed by atoms with Crippen LogP contribution in [-0.4, -0.2) is 36.0 Å². The normalized spacial score (nSPS) is 31.4. The zero-order chi connectivity index (χ0) is 10.6. The van der Waals surface area contributed by atoms with Crippen molar-refractivity contribution in [3.63, 3.8) is 0 Å². The number of ether oxygens (including phenoxy) is 2. The summed E-state index contributed by atoms with van der Waals surface area (Å²) >= 11 is 1.65. The summed E-state index contributed by atoms with van der Waals surface area (Å²) in [4.78, 5) is 0. The molecule has 1 fully saturated rings. The van der Waals surface area contributed by atoms with Crippen molar-refractivity contribution >= 4 is 11.8 Å². The van der Waals surface area contributed by atoms with Crippen molar-refractivity contribution in [1.29, 1.82) is 0 Å². The van der Waals surface area contributed by atoms with Gasteiger partial charge in [-0.05, 0) is 31.9 Å². The van der Waals surface area contributed by atoms with Crippen LogP contribution in [0.5, 0.6) is 0 Å². The number of hydrogen-bond donors (Lipinski definition) is 1. The van der Waals surface area contributed by atoms with E-state index in [0.717, 1.165) is 6.42 Å². The Morgan fingerprint density at radius 1 is 1.36 bits per heavy atom. The first-order valence-corrected chi connectivity index (χ1v) is 6.02. The molecule has 1 saturated heterocycles. The lowest BCUT2D eigenvalue weighted by Gasteiger charge is -2.16. The molecule has 0 saturated carbocycles. The molecule has 3 nitrogen and oxygen atoms in total. The molecule has 14 heavy (non-hydrogen) atoms. The van der Waals surface area contributed by atoms with E-state index in [1.54, 1.807) is 11.8 Å². The lowest BCUT2D eigenvalue weighted by molar-refractivity contribution is -0.148. The third-order valence-electron chi connectivity index (χ3n) is 2.07. The zero-order valence-corrected chi connectivity index (χ0v) is 9.71. The number of rotatable bonds is 4. The first-order valence-electron chi connectivity index (χ1n) is 4.73. The second kappa shape index (κ2) is 5.16. The van der Waals surface area contributed by atoms with Crippen LogP contribution in [0.15, 0.2) is 11.5 Å². The molecule has 0 aromatic heterocycles. The quantitative estimate of drug-likeness (QED) is 0.780. The smallest absolute Gasteiger partial charge is 0.163 e. The summed E-state index contributed by atoms with van der Waals surface area (Å²) in [6, 6.07) is 0. The molecule has 0 bridgehead atoms. The average Bonchev–Trinajstić information content (AvgIpc) is 2.41. The van der Waals surface area contributed by atoms with Crippen molar-refractivity contribution in [2.45, 2.75) is 38.3 Å². The second-order valence-corrected chi connectivity index (χ2v) is 4.48. The summed E-state index contributed by atoms with van der Waals surface area (Å²) in [5, 5.41) is 11.1. The van der Waals surface area contributed by atoms with Crippen LogP contribution in [0.1, 0.15) is 20.3 Å². The molecule has 0 unspecified atom stereocenters. The fourth-order valence-corrected chi connectivity index (χ4v) is 1.85. The van der Waals surface area contributed by atoms with Gasteiger partial charge in [-0.1, -0.05) is 6.08 Å². The number of hydrogen-bond acceptors (Lipinski definition) is 4. The van der Waals surface area contributed by atoms with Crippen LogP contribution in [0.4, 0.5) is 0 Å². The van der Waals surface area contributed by atoms with Gasteiger partial charge < -0.3 is 14.6 Å². The van der Waals surface area contributed by atoms with E-state index in [4.69, 9.17) is 14.6 Å². The van der Waals surface area contributed by atoms with Gasteiger partial charge in [-0.2, -0.15) is 0 Å². The van der Waals surface area contributed by atoms with Crippen LogP contribution in [-0.2, 0) is 9.47 Å². The summed E-state index contributed by atoms with van der Waals surface area (Å²) < 4.78 is 11.2. The van der Waals surface area contributed by atoms with E-state index in [9.17, 15) is 0 Å². The summed E-state index contributed by atoms with van der Waals surface area (Å²) in [6.45, 7) is 3.75. The van der Waals surface area contributed by atoms with Gasteiger partial charge in [-0.15, -0.1) is 11.8 Å². The van der Waals surface area contributed by atoms with Crippen molar-refractivity contribution in [3.8, 4) is 0 Å². The minimum Gasteiger partial charge on any atom is -0.394 e. The van der Waals surface area contributed by atoms with E-state index in [-0.39, 0.29) is 18.8 Å². The molecule has 0 spiro atoms. The van der Waals surface area contributed by atoms with Gasteiger partial charge in [0.2, 0.25) is 0 Å². The van der Waals surface area contributed by atoms with Gasteiger partial charge in [0.1, 0.15) is 6.10 Å². The van der Waals surface area contributed by atoms with Crippen LogP contribution in [0.2, 0.25) is 0 Å². The van der Waals surface area contributed by atoms with E-state index in [2.05, 4.69) is 0 Å². The number of aliphatic hydroxyl groups excluding tert-OH is 1. The highest BCUT2D eigenvalue weighted by Gasteiger charge is 2.39. The third-order valence-corrected chi connectivity index (χ3v) is 2.53. The van der Waals surface area contributed by atoms with Gasteiger partial charge in [0, 0.05) is 0 Å². The minimum absolute atomic E-state index is 0.0151. The molecule has 1 aliphatic rings. The molecule has 0 aromatic carbocycles. The molecule has 0 aromatic rings. The molecule has 1 rings (SSSR count). The molecule has 2 atom stereocenters. The topological polar surface area (TPSA) is 38.7 Å². The third kappa shape index (κ3) is 3.28. The van der Waals surface area contributed by atoms with Crippen LogP contribution >= 0.6 is 11.8 Å². The maximum absolute atomic E-state index is 9.09. The molecule has 0 amide bonds. The van der Waals surface area contributed by atoms with Crippen LogP contribution in [0, 0.1) is 0 Å². The zero-order valence-electron chi connectivity index (χ0n) is 8.90. The van der Waals surface area contributed by atoms with Crippen molar-refractivity contribution in [2.24, 2.45) is 0 Å². The molecule has 4 heteroatoms. The van der Waals surface area contributed by atoms with Gasteiger partial charge in [-0.3, -0.25) is 0 Å². The molecule has 1 N–H and O–H groups in total. The Bertz CT molecular complexity index is 204. The highest BCUT2D eigenvalue weighted by Crippen LogP contribution is 2.29. The predicted molar refractivity (Wildman–Crippen MR) is 58.2 cm³/mol. The van der Waals surface area contributed by atoms with E-state index in [1.165, 1.54) is 0 Å². The van der Waals surface area contributed by atoms with E-state index in [0.29, 0.717) is 0 Å². The Labute approximate surface area is 89.5 Å². The Hall–Kier alpha value is -0.0300. The fourth-order valence-electron chi connectivity index (χ4n) is 1.55. The van der Waals surface area contributed by atoms with Crippen molar-refractivity contribution < 1.29 is 14.6 Å². The van der Waals surface area contributed by atoms with Crippen LogP contribution in [0.3, 0.4) is 0 Å². The molecular formula is C10H18O3S. The first-order chi connectivity index (χ1) is 6.59.